The quantitative estimate of drug-likeness (QED) is 0.395. The molecule has 0 bridgehead atoms. The highest BCUT2D eigenvalue weighted by atomic mass is 16.5. The number of amides is 2. The summed E-state index contributed by atoms with van der Waals surface area (Å²) in [5.74, 6) is 0.348. The summed E-state index contributed by atoms with van der Waals surface area (Å²) in [5.41, 5.74) is 11.8. The number of ether oxygens (including phenoxy) is 1. The average molecular weight is 416 g/mol. The van der Waals surface area contributed by atoms with Gasteiger partial charge in [-0.3, -0.25) is 15.0 Å². The van der Waals surface area contributed by atoms with Gasteiger partial charge in [0.2, 0.25) is 11.8 Å². The van der Waals surface area contributed by atoms with Crippen molar-refractivity contribution in [1.29, 1.82) is 5.41 Å². The molecule has 0 aromatic heterocycles. The Hall–Kier alpha value is -2.61. The van der Waals surface area contributed by atoms with Crippen LogP contribution in [0.25, 0.3) is 0 Å². The van der Waals surface area contributed by atoms with Gasteiger partial charge in [-0.05, 0) is 49.3 Å². The second-order valence-electron chi connectivity index (χ2n) is 8.24. The van der Waals surface area contributed by atoms with Gasteiger partial charge in [0.25, 0.3) is 0 Å². The maximum Gasteiger partial charge on any atom is 0.246 e. The zero-order valence-electron chi connectivity index (χ0n) is 17.7. The van der Waals surface area contributed by atoms with Gasteiger partial charge in [0.05, 0.1) is 19.2 Å². The second kappa shape index (κ2) is 9.47. The van der Waals surface area contributed by atoms with E-state index >= 15 is 0 Å². The number of methoxy groups -OCH3 is 1. The number of carbonyl (C=O) groups excluding carboxylic acids is 2. The molecular weight excluding hydrogens is 382 g/mol. The van der Waals surface area contributed by atoms with Crippen molar-refractivity contribution in [3.05, 3.63) is 29.3 Å². The van der Waals surface area contributed by atoms with Gasteiger partial charge in [0.1, 0.15) is 17.1 Å². The third-order valence-electron chi connectivity index (χ3n) is 6.58. The fourth-order valence-electron chi connectivity index (χ4n) is 5.13. The minimum Gasteiger partial charge on any atom is -0.496 e. The van der Waals surface area contributed by atoms with E-state index in [0.717, 1.165) is 37.7 Å². The molecule has 6 N–H and O–H groups in total. The fourth-order valence-corrected chi connectivity index (χ4v) is 5.13. The Kier molecular flexibility index (Phi) is 6.97. The minimum absolute atomic E-state index is 0.0689. The van der Waals surface area contributed by atoms with E-state index in [1.165, 1.54) is 13.5 Å². The lowest BCUT2D eigenvalue weighted by Gasteiger charge is -2.44. The van der Waals surface area contributed by atoms with Gasteiger partial charge >= 0.3 is 0 Å². The van der Waals surface area contributed by atoms with Crippen molar-refractivity contribution in [3.8, 4) is 5.75 Å². The van der Waals surface area contributed by atoms with Gasteiger partial charge in [-0.2, -0.15) is 0 Å². The smallest absolute Gasteiger partial charge is 0.246 e. The Balaban J connectivity index is 1.82. The molecular formula is C22H33N5O3. The summed E-state index contributed by atoms with van der Waals surface area (Å²) in [6.45, 7) is 0.818. The topological polar surface area (TPSA) is 135 Å². The summed E-state index contributed by atoms with van der Waals surface area (Å²) < 4.78 is 5.33. The van der Waals surface area contributed by atoms with Crippen LogP contribution in [-0.2, 0) is 16.1 Å². The van der Waals surface area contributed by atoms with Gasteiger partial charge in [-0.25, -0.2) is 0 Å². The second-order valence-corrected chi connectivity index (χ2v) is 8.24. The number of nitrogens with one attached hydrogen (secondary N) is 2. The largest absolute Gasteiger partial charge is 0.496 e. The number of hydrogen-bond donors (Lipinski definition) is 4. The maximum absolute atomic E-state index is 13.6. The first kappa shape index (κ1) is 22.1. The molecule has 1 atom stereocenters. The van der Waals surface area contributed by atoms with Crippen LogP contribution in [0.15, 0.2) is 18.2 Å². The van der Waals surface area contributed by atoms with Crippen molar-refractivity contribution >= 4 is 17.6 Å². The molecule has 8 heteroatoms. The van der Waals surface area contributed by atoms with E-state index in [4.69, 9.17) is 21.6 Å². The third kappa shape index (κ3) is 4.14. The molecule has 0 spiro atoms. The number of benzene rings is 1. The molecule has 1 aromatic rings. The maximum atomic E-state index is 13.6. The highest BCUT2D eigenvalue weighted by molar-refractivity contribution is 5.97. The van der Waals surface area contributed by atoms with E-state index in [1.807, 2.05) is 6.07 Å². The van der Waals surface area contributed by atoms with E-state index in [1.54, 1.807) is 17.0 Å². The number of nitrogen functional groups attached to an aromatic ring is 1. The Labute approximate surface area is 177 Å². The Morgan fingerprint density at radius 3 is 2.63 bits per heavy atom. The summed E-state index contributed by atoms with van der Waals surface area (Å²) >= 11 is 0. The molecule has 30 heavy (non-hydrogen) atoms. The van der Waals surface area contributed by atoms with Crippen LogP contribution in [0.2, 0.25) is 0 Å². The molecule has 2 amide bonds. The fraction of sp³-hybridized carbons (Fsp3) is 0.591. The van der Waals surface area contributed by atoms with Gasteiger partial charge in [0.15, 0.2) is 0 Å². The summed E-state index contributed by atoms with van der Waals surface area (Å²) in [7, 11) is 1.52. The molecule has 3 rings (SSSR count). The molecule has 1 aliphatic carbocycles. The zero-order chi connectivity index (χ0) is 21.7. The molecule has 8 nitrogen and oxygen atoms in total. The monoisotopic (exact) mass is 415 g/mol. The van der Waals surface area contributed by atoms with Crippen LogP contribution < -0.4 is 21.5 Å². The van der Waals surface area contributed by atoms with Crippen molar-refractivity contribution in [2.24, 2.45) is 17.4 Å². The minimum atomic E-state index is -0.805. The van der Waals surface area contributed by atoms with Gasteiger partial charge in [-0.1, -0.05) is 25.3 Å². The van der Waals surface area contributed by atoms with E-state index < -0.39 is 5.54 Å². The van der Waals surface area contributed by atoms with E-state index in [2.05, 4.69) is 5.32 Å². The summed E-state index contributed by atoms with van der Waals surface area (Å²) in [5, 5.41) is 10.7. The van der Waals surface area contributed by atoms with Crippen molar-refractivity contribution in [2.45, 2.75) is 57.0 Å². The van der Waals surface area contributed by atoms with Gasteiger partial charge in [0, 0.05) is 13.1 Å². The van der Waals surface area contributed by atoms with Crippen LogP contribution in [0.1, 0.15) is 56.1 Å². The highest BCUT2D eigenvalue weighted by Crippen LogP contribution is 2.43. The standard InChI is InChI=1S/C22H33N5O3/c1-30-18-12-15(8-9-17(18)20(24)25)14-26-21(29)22(16-6-3-2-4-7-16)10-5-11-27(22)19(28)13-23/h8-9,12,16H,2-7,10-11,13-14,23H2,1H3,(H3,24,25)(H,26,29)/t22-/m1/s1. The number of carbonyl (C=O) groups is 2. The van der Waals surface area contributed by atoms with Crippen LogP contribution in [0.3, 0.4) is 0 Å². The van der Waals surface area contributed by atoms with Crippen molar-refractivity contribution in [2.75, 3.05) is 20.2 Å². The van der Waals surface area contributed by atoms with Crippen molar-refractivity contribution in [3.63, 3.8) is 0 Å². The first-order valence-electron chi connectivity index (χ1n) is 10.7. The van der Waals surface area contributed by atoms with Gasteiger partial charge < -0.3 is 26.4 Å². The Bertz CT molecular complexity index is 806. The molecule has 1 saturated heterocycles. The first-order valence-corrected chi connectivity index (χ1v) is 10.7. The third-order valence-corrected chi connectivity index (χ3v) is 6.58. The van der Waals surface area contributed by atoms with Crippen LogP contribution in [0, 0.1) is 11.3 Å². The predicted octanol–water partition coefficient (Wildman–Crippen LogP) is 1.50. The molecule has 1 aliphatic heterocycles. The lowest BCUT2D eigenvalue weighted by Crippen LogP contribution is -2.62. The van der Waals surface area contributed by atoms with Crippen molar-refractivity contribution < 1.29 is 14.3 Å². The molecule has 1 heterocycles. The van der Waals surface area contributed by atoms with Crippen LogP contribution in [0.5, 0.6) is 5.75 Å². The lowest BCUT2D eigenvalue weighted by atomic mass is 9.72. The van der Waals surface area contributed by atoms with Crippen LogP contribution in [0.4, 0.5) is 0 Å². The Morgan fingerprint density at radius 2 is 2.00 bits per heavy atom. The SMILES string of the molecule is COc1cc(CNC(=O)[C@]2(C3CCCCC3)CCCN2C(=O)CN)ccc1C(=N)N. The first-order chi connectivity index (χ1) is 14.4. The van der Waals surface area contributed by atoms with Gasteiger partial charge in [-0.15, -0.1) is 0 Å². The molecule has 2 fully saturated rings. The predicted molar refractivity (Wildman–Crippen MR) is 115 cm³/mol. The van der Waals surface area contributed by atoms with Crippen LogP contribution >= 0.6 is 0 Å². The van der Waals surface area contributed by atoms with E-state index in [9.17, 15) is 9.59 Å². The Morgan fingerprint density at radius 1 is 1.27 bits per heavy atom. The number of hydrogen-bond acceptors (Lipinski definition) is 5. The average Bonchev–Trinajstić information content (AvgIpc) is 3.23. The molecule has 0 unspecified atom stereocenters. The number of likely N-dealkylation sites (tertiary alicyclic amines) is 1. The summed E-state index contributed by atoms with van der Waals surface area (Å²) in [6, 6.07) is 5.32. The molecule has 1 aromatic carbocycles. The summed E-state index contributed by atoms with van der Waals surface area (Å²) in [6.07, 6.45) is 6.79. The molecule has 164 valence electrons. The molecule has 2 aliphatic rings. The van der Waals surface area contributed by atoms with Crippen LogP contribution in [-0.4, -0.2) is 48.3 Å². The zero-order valence-corrected chi connectivity index (χ0v) is 17.7. The highest BCUT2D eigenvalue weighted by Gasteiger charge is 2.54. The molecule has 1 saturated carbocycles. The van der Waals surface area contributed by atoms with E-state index in [-0.39, 0.29) is 30.1 Å². The van der Waals surface area contributed by atoms with Crippen molar-refractivity contribution in [1.82, 2.24) is 10.2 Å². The number of nitrogens with two attached hydrogens (primary N) is 2. The number of amidine groups is 1. The molecule has 0 radical (unpaired) electrons. The number of nitrogens with zero attached hydrogens (tertiary/aromatic N) is 1. The lowest BCUT2D eigenvalue weighted by molar-refractivity contribution is -0.148. The summed E-state index contributed by atoms with van der Waals surface area (Å²) in [4.78, 5) is 27.9. The number of rotatable bonds is 7. The normalized spacial score (nSPS) is 22.0. The van der Waals surface area contributed by atoms with E-state index in [0.29, 0.717) is 30.8 Å².